The van der Waals surface area contributed by atoms with E-state index in [1.165, 1.54) is 0 Å². The Balaban J connectivity index is 2.35. The molecule has 1 N–H and O–H groups in total. The van der Waals surface area contributed by atoms with Gasteiger partial charge in [0.1, 0.15) is 0 Å². The van der Waals surface area contributed by atoms with E-state index in [1.54, 1.807) is 25.3 Å². The van der Waals surface area contributed by atoms with Gasteiger partial charge in [-0.15, -0.1) is 0 Å². The number of rotatable bonds is 3. The summed E-state index contributed by atoms with van der Waals surface area (Å²) in [5, 5.41) is 9.74. The van der Waals surface area contributed by atoms with Gasteiger partial charge in [0.25, 0.3) is 0 Å². The zero-order chi connectivity index (χ0) is 12.3. The quantitative estimate of drug-likeness (QED) is 0.818. The third-order valence-corrected chi connectivity index (χ3v) is 2.54. The lowest BCUT2D eigenvalue weighted by Crippen LogP contribution is -2.06. The number of hydrogen-bond acceptors (Lipinski definition) is 3. The molecular formula is C13H12N2O2. The van der Waals surface area contributed by atoms with Gasteiger partial charge in [0.2, 0.25) is 0 Å². The minimum absolute atomic E-state index is 0.225. The monoisotopic (exact) mass is 228 g/mol. The number of fused-ring (bicyclic) bond motifs is 1. The fourth-order valence-corrected chi connectivity index (χ4v) is 1.76. The smallest absolute Gasteiger partial charge is 0.310 e. The molecule has 1 aromatic heterocycles. The predicted octanol–water partition coefficient (Wildman–Crippen LogP) is 2.15. The number of esters is 1. The van der Waals surface area contributed by atoms with Crippen LogP contribution >= 0.6 is 0 Å². The van der Waals surface area contributed by atoms with Crippen LogP contribution in [0.5, 0.6) is 0 Å². The number of nitrogens with zero attached hydrogens (tertiary/aromatic N) is 1. The van der Waals surface area contributed by atoms with Crippen LogP contribution < -0.4 is 0 Å². The van der Waals surface area contributed by atoms with Gasteiger partial charge in [0.05, 0.1) is 24.7 Å². The van der Waals surface area contributed by atoms with E-state index in [2.05, 4.69) is 11.1 Å². The van der Waals surface area contributed by atoms with Gasteiger partial charge >= 0.3 is 5.97 Å². The van der Waals surface area contributed by atoms with Crippen molar-refractivity contribution >= 4 is 16.9 Å². The number of nitrogens with one attached hydrogen (secondary N) is 1. The summed E-state index contributed by atoms with van der Waals surface area (Å²) in [6, 6.07) is 7.44. The molecule has 0 fully saturated rings. The van der Waals surface area contributed by atoms with Gasteiger partial charge < -0.3 is 9.72 Å². The van der Waals surface area contributed by atoms with Crippen molar-refractivity contribution in [2.75, 3.05) is 6.61 Å². The molecule has 0 saturated carbocycles. The number of benzene rings is 1. The maximum Gasteiger partial charge on any atom is 0.310 e. The molecule has 86 valence electrons. The van der Waals surface area contributed by atoms with Crippen LogP contribution in [0.3, 0.4) is 0 Å². The molecule has 0 amide bonds. The highest BCUT2D eigenvalue weighted by molar-refractivity contribution is 5.88. The Morgan fingerprint density at radius 1 is 1.53 bits per heavy atom. The van der Waals surface area contributed by atoms with Gasteiger partial charge in [-0.2, -0.15) is 5.26 Å². The zero-order valence-electron chi connectivity index (χ0n) is 9.49. The van der Waals surface area contributed by atoms with Crippen molar-refractivity contribution in [3.63, 3.8) is 0 Å². The third-order valence-electron chi connectivity index (χ3n) is 2.54. The minimum Gasteiger partial charge on any atom is -0.466 e. The molecule has 2 rings (SSSR count). The number of nitriles is 1. The van der Waals surface area contributed by atoms with Crippen LogP contribution in [-0.4, -0.2) is 17.6 Å². The van der Waals surface area contributed by atoms with Crippen molar-refractivity contribution in [2.24, 2.45) is 0 Å². The second-order valence-electron chi connectivity index (χ2n) is 3.67. The number of H-pyrrole nitrogens is 1. The van der Waals surface area contributed by atoms with Crippen molar-refractivity contribution < 1.29 is 9.53 Å². The fraction of sp³-hybridized carbons (Fsp3) is 0.231. The summed E-state index contributed by atoms with van der Waals surface area (Å²) < 4.78 is 4.90. The van der Waals surface area contributed by atoms with Gasteiger partial charge in [-0.05, 0) is 30.7 Å². The summed E-state index contributed by atoms with van der Waals surface area (Å²) in [5.74, 6) is -0.254. The van der Waals surface area contributed by atoms with E-state index in [1.807, 2.05) is 6.07 Å². The summed E-state index contributed by atoms with van der Waals surface area (Å²) in [4.78, 5) is 14.5. The first-order valence-electron chi connectivity index (χ1n) is 5.40. The first-order chi connectivity index (χ1) is 8.24. The van der Waals surface area contributed by atoms with Crippen LogP contribution in [0.15, 0.2) is 24.4 Å². The maximum absolute atomic E-state index is 11.4. The molecule has 0 aliphatic heterocycles. The Bertz CT molecular complexity index is 593. The van der Waals surface area contributed by atoms with Crippen LogP contribution in [0.1, 0.15) is 18.1 Å². The van der Waals surface area contributed by atoms with Crippen LogP contribution in [0.4, 0.5) is 0 Å². The summed E-state index contributed by atoms with van der Waals surface area (Å²) in [7, 11) is 0. The second-order valence-corrected chi connectivity index (χ2v) is 3.67. The summed E-state index contributed by atoms with van der Waals surface area (Å²) in [6.45, 7) is 2.16. The second kappa shape index (κ2) is 4.71. The van der Waals surface area contributed by atoms with Crippen LogP contribution in [0, 0.1) is 11.3 Å². The molecule has 0 spiro atoms. The van der Waals surface area contributed by atoms with Gasteiger partial charge in [-0.3, -0.25) is 4.79 Å². The number of hydrogen-bond donors (Lipinski definition) is 1. The highest BCUT2D eigenvalue weighted by Crippen LogP contribution is 2.20. The van der Waals surface area contributed by atoms with Gasteiger partial charge in [-0.25, -0.2) is 0 Å². The standard InChI is InChI=1S/C13H12N2O2/c1-2-17-13(16)6-10-8-15-12-4-3-9(7-14)5-11(10)12/h3-5,8,15H,2,6H2,1H3. The van der Waals surface area contributed by atoms with E-state index in [9.17, 15) is 4.79 Å². The normalized spacial score (nSPS) is 10.1. The highest BCUT2D eigenvalue weighted by Gasteiger charge is 2.09. The topological polar surface area (TPSA) is 65.9 Å². The molecule has 0 radical (unpaired) electrons. The molecule has 0 aliphatic carbocycles. The summed E-state index contributed by atoms with van der Waals surface area (Å²) >= 11 is 0. The molecule has 17 heavy (non-hydrogen) atoms. The van der Waals surface area contributed by atoms with Crippen molar-refractivity contribution in [2.45, 2.75) is 13.3 Å². The minimum atomic E-state index is -0.254. The Morgan fingerprint density at radius 2 is 2.35 bits per heavy atom. The lowest BCUT2D eigenvalue weighted by molar-refractivity contribution is -0.142. The number of ether oxygens (including phenoxy) is 1. The summed E-state index contributed by atoms with van der Waals surface area (Å²) in [6.07, 6.45) is 2.01. The first kappa shape index (κ1) is 11.2. The molecule has 0 atom stereocenters. The van der Waals surface area contributed by atoms with E-state index in [-0.39, 0.29) is 12.4 Å². The van der Waals surface area contributed by atoms with Crippen LogP contribution in [-0.2, 0) is 16.0 Å². The van der Waals surface area contributed by atoms with Crippen LogP contribution in [0.25, 0.3) is 10.9 Å². The van der Waals surface area contributed by atoms with E-state index in [0.717, 1.165) is 16.5 Å². The Labute approximate surface area is 98.8 Å². The van der Waals surface area contributed by atoms with E-state index in [0.29, 0.717) is 12.2 Å². The van der Waals surface area contributed by atoms with E-state index < -0.39 is 0 Å². The molecule has 0 unspecified atom stereocenters. The average Bonchev–Trinajstić information content (AvgIpc) is 2.72. The van der Waals surface area contributed by atoms with Crippen molar-refractivity contribution in [1.29, 1.82) is 5.26 Å². The SMILES string of the molecule is CCOC(=O)Cc1c[nH]c2ccc(C#N)cc12. The Kier molecular flexibility index (Phi) is 3.10. The fourth-order valence-electron chi connectivity index (χ4n) is 1.76. The predicted molar refractivity (Wildman–Crippen MR) is 63.4 cm³/mol. The third kappa shape index (κ3) is 2.28. The number of carbonyl (C=O) groups is 1. The van der Waals surface area contributed by atoms with Crippen LogP contribution in [0.2, 0.25) is 0 Å². The van der Waals surface area contributed by atoms with Crippen molar-refractivity contribution in [1.82, 2.24) is 4.98 Å². The van der Waals surface area contributed by atoms with E-state index >= 15 is 0 Å². The van der Waals surface area contributed by atoms with Crippen molar-refractivity contribution in [3.05, 3.63) is 35.5 Å². The maximum atomic E-state index is 11.4. The zero-order valence-corrected chi connectivity index (χ0v) is 9.49. The van der Waals surface area contributed by atoms with Crippen molar-refractivity contribution in [3.8, 4) is 6.07 Å². The molecule has 2 aromatic rings. The number of carbonyl (C=O) groups excluding carboxylic acids is 1. The van der Waals surface area contributed by atoms with E-state index in [4.69, 9.17) is 10.00 Å². The molecule has 0 saturated heterocycles. The molecule has 4 heteroatoms. The number of aromatic nitrogens is 1. The van der Waals surface area contributed by atoms with Gasteiger partial charge in [0, 0.05) is 17.1 Å². The van der Waals surface area contributed by atoms with Gasteiger partial charge in [0.15, 0.2) is 0 Å². The molecule has 1 heterocycles. The highest BCUT2D eigenvalue weighted by atomic mass is 16.5. The van der Waals surface area contributed by atoms with Gasteiger partial charge in [-0.1, -0.05) is 0 Å². The summed E-state index contributed by atoms with van der Waals surface area (Å²) in [5.41, 5.74) is 2.36. The molecular weight excluding hydrogens is 216 g/mol. The molecule has 4 nitrogen and oxygen atoms in total. The Morgan fingerprint density at radius 3 is 3.06 bits per heavy atom. The first-order valence-corrected chi connectivity index (χ1v) is 5.40. The number of aromatic amines is 1. The average molecular weight is 228 g/mol. The largest absolute Gasteiger partial charge is 0.466 e. The molecule has 1 aromatic carbocycles. The lowest BCUT2D eigenvalue weighted by Gasteiger charge is -2.00. The lowest BCUT2D eigenvalue weighted by atomic mass is 10.1. The molecule has 0 bridgehead atoms. The molecule has 0 aliphatic rings. The Hall–Kier alpha value is -2.28.